The fourth-order valence-corrected chi connectivity index (χ4v) is 4.25. The highest BCUT2D eigenvalue weighted by Crippen LogP contribution is 2.24. The maximum Gasteiger partial charge on any atom is 0.240 e. The van der Waals surface area contributed by atoms with Crippen molar-refractivity contribution in [3.05, 3.63) is 54.1 Å². The Bertz CT molecular complexity index is 970. The molecule has 7 nitrogen and oxygen atoms in total. The molecule has 0 aromatic heterocycles. The summed E-state index contributed by atoms with van der Waals surface area (Å²) in [4.78, 5) is 26.9. The summed E-state index contributed by atoms with van der Waals surface area (Å²) in [5.41, 5.74) is 2.68. The van der Waals surface area contributed by atoms with E-state index in [9.17, 15) is 18.0 Å². The van der Waals surface area contributed by atoms with Crippen molar-refractivity contribution >= 4 is 33.2 Å². The molecule has 0 spiro atoms. The topological polar surface area (TPSA) is 86.8 Å². The molecule has 154 valence electrons. The summed E-state index contributed by atoms with van der Waals surface area (Å²) in [5, 5.41) is 0. The molecule has 0 atom stereocenters. The van der Waals surface area contributed by atoms with E-state index in [1.54, 1.807) is 0 Å². The van der Waals surface area contributed by atoms with E-state index in [1.165, 1.54) is 29.8 Å². The van der Waals surface area contributed by atoms with Gasteiger partial charge in [-0.15, -0.1) is 0 Å². The van der Waals surface area contributed by atoms with Crippen molar-refractivity contribution in [1.82, 2.24) is 4.72 Å². The van der Waals surface area contributed by atoms with Crippen molar-refractivity contribution in [2.75, 3.05) is 29.9 Å². The molecule has 8 heteroatoms. The minimum atomic E-state index is -3.65. The standard InChI is InChI=1S/C21H25N3O4S/c1-16-4-6-17(7-5-16)23(2)15-3-14-22-29(27,28)19-10-8-18(9-11-19)24-20(25)12-13-21(24)26/h4-11,22H,3,12-15H2,1-2H3. The number of rotatable bonds is 8. The van der Waals surface area contributed by atoms with Gasteiger partial charge < -0.3 is 4.90 Å². The van der Waals surface area contributed by atoms with Crippen LogP contribution >= 0.6 is 0 Å². The summed E-state index contributed by atoms with van der Waals surface area (Å²) < 4.78 is 27.5. The summed E-state index contributed by atoms with van der Waals surface area (Å²) >= 11 is 0. The number of carbonyl (C=O) groups is 2. The first kappa shape index (κ1) is 21.0. The van der Waals surface area contributed by atoms with Crippen LogP contribution in [0.15, 0.2) is 53.4 Å². The van der Waals surface area contributed by atoms with E-state index in [0.29, 0.717) is 25.2 Å². The number of sulfonamides is 1. The van der Waals surface area contributed by atoms with Gasteiger partial charge in [-0.1, -0.05) is 17.7 Å². The van der Waals surface area contributed by atoms with Crippen molar-refractivity contribution in [3.63, 3.8) is 0 Å². The molecule has 0 radical (unpaired) electrons. The quantitative estimate of drug-likeness (QED) is 0.529. The fraction of sp³-hybridized carbons (Fsp3) is 0.333. The summed E-state index contributed by atoms with van der Waals surface area (Å²) in [5.74, 6) is -0.525. The van der Waals surface area contributed by atoms with E-state index in [0.717, 1.165) is 10.6 Å². The second kappa shape index (κ2) is 8.75. The highest BCUT2D eigenvalue weighted by atomic mass is 32.2. The molecule has 1 heterocycles. The molecular weight excluding hydrogens is 390 g/mol. The summed E-state index contributed by atoms with van der Waals surface area (Å²) in [6.07, 6.45) is 1.04. The Morgan fingerprint density at radius 1 is 0.966 bits per heavy atom. The Morgan fingerprint density at radius 3 is 2.14 bits per heavy atom. The normalized spacial score (nSPS) is 14.5. The van der Waals surface area contributed by atoms with Crippen LogP contribution in [0.2, 0.25) is 0 Å². The zero-order valence-electron chi connectivity index (χ0n) is 16.6. The molecule has 0 aliphatic carbocycles. The van der Waals surface area contributed by atoms with Crippen LogP contribution in [0.3, 0.4) is 0 Å². The van der Waals surface area contributed by atoms with Gasteiger partial charge in [0.05, 0.1) is 10.6 Å². The molecule has 1 N–H and O–H groups in total. The molecule has 0 unspecified atom stereocenters. The first-order valence-electron chi connectivity index (χ1n) is 9.51. The van der Waals surface area contributed by atoms with E-state index in [4.69, 9.17) is 0 Å². The van der Waals surface area contributed by atoms with Crippen LogP contribution in [0, 0.1) is 6.92 Å². The zero-order chi connectivity index (χ0) is 21.0. The number of hydrogen-bond donors (Lipinski definition) is 1. The predicted molar refractivity (Wildman–Crippen MR) is 112 cm³/mol. The van der Waals surface area contributed by atoms with Gasteiger partial charge in [-0.3, -0.25) is 14.5 Å². The van der Waals surface area contributed by atoms with Crippen LogP contribution in [0.1, 0.15) is 24.8 Å². The molecular formula is C21H25N3O4S. The summed E-state index contributed by atoms with van der Waals surface area (Å²) in [6.45, 7) is 3.05. The smallest absolute Gasteiger partial charge is 0.240 e. The van der Waals surface area contributed by atoms with Gasteiger partial charge in [-0.2, -0.15) is 0 Å². The monoisotopic (exact) mass is 415 g/mol. The van der Waals surface area contributed by atoms with Crippen molar-refractivity contribution < 1.29 is 18.0 Å². The second-order valence-electron chi connectivity index (χ2n) is 7.13. The van der Waals surface area contributed by atoms with Gasteiger partial charge >= 0.3 is 0 Å². The molecule has 0 saturated carbocycles. The van der Waals surface area contributed by atoms with E-state index >= 15 is 0 Å². The van der Waals surface area contributed by atoms with Crippen LogP contribution < -0.4 is 14.5 Å². The molecule has 1 saturated heterocycles. The lowest BCUT2D eigenvalue weighted by Crippen LogP contribution is -2.29. The van der Waals surface area contributed by atoms with Gasteiger partial charge in [0.25, 0.3) is 0 Å². The Balaban J connectivity index is 1.53. The number of benzene rings is 2. The number of hydrogen-bond acceptors (Lipinski definition) is 5. The molecule has 2 aromatic carbocycles. The zero-order valence-corrected chi connectivity index (χ0v) is 17.4. The lowest BCUT2D eigenvalue weighted by molar-refractivity contribution is -0.121. The number of nitrogens with one attached hydrogen (secondary N) is 1. The number of nitrogens with zero attached hydrogens (tertiary/aromatic N) is 2. The summed E-state index contributed by atoms with van der Waals surface area (Å²) in [7, 11) is -1.68. The number of aryl methyl sites for hydroxylation is 1. The second-order valence-corrected chi connectivity index (χ2v) is 8.89. The van der Waals surface area contributed by atoms with Crippen LogP contribution in [0.5, 0.6) is 0 Å². The largest absolute Gasteiger partial charge is 0.375 e. The molecule has 2 aromatic rings. The third-order valence-corrected chi connectivity index (χ3v) is 6.37. The number of anilines is 2. The molecule has 2 amide bonds. The van der Waals surface area contributed by atoms with Crippen LogP contribution in [0.4, 0.5) is 11.4 Å². The van der Waals surface area contributed by atoms with Crippen molar-refractivity contribution in [3.8, 4) is 0 Å². The average molecular weight is 416 g/mol. The lowest BCUT2D eigenvalue weighted by Gasteiger charge is -2.19. The molecule has 0 bridgehead atoms. The van der Waals surface area contributed by atoms with Gasteiger partial charge in [0.2, 0.25) is 21.8 Å². The van der Waals surface area contributed by atoms with Crippen LogP contribution in [0.25, 0.3) is 0 Å². The van der Waals surface area contributed by atoms with E-state index < -0.39 is 10.0 Å². The predicted octanol–water partition coefficient (Wildman–Crippen LogP) is 2.45. The average Bonchev–Trinajstić information content (AvgIpc) is 3.04. The molecule has 29 heavy (non-hydrogen) atoms. The Hall–Kier alpha value is -2.71. The van der Waals surface area contributed by atoms with Gasteiger partial charge in [-0.05, 0) is 49.7 Å². The van der Waals surface area contributed by atoms with E-state index in [2.05, 4.69) is 9.62 Å². The minimum Gasteiger partial charge on any atom is -0.375 e. The van der Waals surface area contributed by atoms with Gasteiger partial charge in [-0.25, -0.2) is 13.1 Å². The van der Waals surface area contributed by atoms with Crippen LogP contribution in [-0.4, -0.2) is 40.4 Å². The molecule has 3 rings (SSSR count). The third-order valence-electron chi connectivity index (χ3n) is 4.89. The highest BCUT2D eigenvalue weighted by molar-refractivity contribution is 7.89. The first-order valence-corrected chi connectivity index (χ1v) is 11.0. The van der Waals surface area contributed by atoms with Crippen LogP contribution in [-0.2, 0) is 19.6 Å². The van der Waals surface area contributed by atoms with E-state index in [-0.39, 0.29) is 29.6 Å². The molecule has 1 aliphatic rings. The fourth-order valence-electron chi connectivity index (χ4n) is 3.17. The Kier molecular flexibility index (Phi) is 6.34. The number of imide groups is 1. The van der Waals surface area contributed by atoms with Crippen molar-refractivity contribution in [1.29, 1.82) is 0 Å². The highest BCUT2D eigenvalue weighted by Gasteiger charge is 2.30. The third kappa shape index (κ3) is 5.02. The SMILES string of the molecule is Cc1ccc(N(C)CCCNS(=O)(=O)c2ccc(N3C(=O)CCC3=O)cc2)cc1. The first-order chi connectivity index (χ1) is 13.8. The van der Waals surface area contributed by atoms with E-state index in [1.807, 2.05) is 38.2 Å². The minimum absolute atomic E-state index is 0.104. The lowest BCUT2D eigenvalue weighted by atomic mass is 10.2. The Morgan fingerprint density at radius 2 is 1.55 bits per heavy atom. The number of carbonyl (C=O) groups excluding carboxylic acids is 2. The summed E-state index contributed by atoms with van der Waals surface area (Å²) in [6, 6.07) is 14.0. The van der Waals surface area contributed by atoms with Gasteiger partial charge in [0.1, 0.15) is 0 Å². The molecule has 1 fully saturated rings. The van der Waals surface area contributed by atoms with Crippen molar-refractivity contribution in [2.45, 2.75) is 31.1 Å². The Labute approximate surface area is 171 Å². The maximum absolute atomic E-state index is 12.5. The van der Waals surface area contributed by atoms with Gasteiger partial charge in [0.15, 0.2) is 0 Å². The maximum atomic E-state index is 12.5. The number of amides is 2. The van der Waals surface area contributed by atoms with Gasteiger partial charge in [0, 0.05) is 38.7 Å². The molecule has 1 aliphatic heterocycles. The van der Waals surface area contributed by atoms with Crippen molar-refractivity contribution in [2.24, 2.45) is 0 Å².